The fraction of sp³-hybridized carbons (Fsp3) is 0.188. The number of methoxy groups -OCH3 is 1. The maximum Gasteiger partial charge on any atom is 0.320 e. The van der Waals surface area contributed by atoms with Gasteiger partial charge in [0.25, 0.3) is 0 Å². The summed E-state index contributed by atoms with van der Waals surface area (Å²) in [7, 11) is 1.59. The number of carbonyl (C=O) groups excluding carboxylic acids is 2. The molecule has 1 aromatic carbocycles. The molecule has 0 unspecified atom stereocenters. The maximum absolute atomic E-state index is 11.8. The number of carbonyl (C=O) groups is 2. The highest BCUT2D eigenvalue weighted by molar-refractivity contribution is 5.96. The SMILES string of the molecule is COc1ccc(-c2cnc3n[nH]c(NC(=O)NCCC(=O)[O-])c3n2)cc1. The monoisotopic (exact) mass is 355 g/mol. The predicted molar refractivity (Wildman–Crippen MR) is 90.3 cm³/mol. The molecule has 10 nitrogen and oxygen atoms in total. The van der Waals surface area contributed by atoms with Gasteiger partial charge in [0.05, 0.1) is 19.0 Å². The molecule has 0 bridgehead atoms. The van der Waals surface area contributed by atoms with Gasteiger partial charge in [-0.05, 0) is 24.3 Å². The van der Waals surface area contributed by atoms with Crippen LogP contribution < -0.4 is 20.5 Å². The number of nitrogens with zero attached hydrogens (tertiary/aromatic N) is 3. The Balaban J connectivity index is 1.79. The van der Waals surface area contributed by atoms with Crippen LogP contribution in [0.1, 0.15) is 6.42 Å². The highest BCUT2D eigenvalue weighted by atomic mass is 16.5. The number of amides is 2. The summed E-state index contributed by atoms with van der Waals surface area (Å²) in [5.41, 5.74) is 2.15. The molecule has 0 spiro atoms. The topological polar surface area (TPSA) is 145 Å². The van der Waals surface area contributed by atoms with E-state index < -0.39 is 12.0 Å². The molecule has 134 valence electrons. The van der Waals surface area contributed by atoms with Crippen LogP contribution in [-0.2, 0) is 4.79 Å². The summed E-state index contributed by atoms with van der Waals surface area (Å²) in [6.45, 7) is -0.0526. The van der Waals surface area contributed by atoms with E-state index in [0.717, 1.165) is 11.3 Å². The Morgan fingerprint density at radius 3 is 2.73 bits per heavy atom. The van der Waals surface area contributed by atoms with E-state index in [-0.39, 0.29) is 18.8 Å². The number of hydrogen-bond acceptors (Lipinski definition) is 7. The Hall–Kier alpha value is -3.69. The first-order chi connectivity index (χ1) is 12.6. The van der Waals surface area contributed by atoms with Crippen molar-refractivity contribution >= 4 is 29.0 Å². The number of hydrogen-bond donors (Lipinski definition) is 3. The second kappa shape index (κ2) is 7.47. The zero-order valence-electron chi connectivity index (χ0n) is 13.8. The molecule has 10 heteroatoms. The van der Waals surface area contributed by atoms with Gasteiger partial charge in [-0.3, -0.25) is 10.4 Å². The first-order valence-electron chi connectivity index (χ1n) is 7.67. The first-order valence-corrected chi connectivity index (χ1v) is 7.67. The Labute approximate surface area is 147 Å². The lowest BCUT2D eigenvalue weighted by atomic mass is 10.1. The molecule has 3 rings (SSSR count). The van der Waals surface area contributed by atoms with E-state index in [1.54, 1.807) is 25.4 Å². The lowest BCUT2D eigenvalue weighted by Gasteiger charge is -2.07. The van der Waals surface area contributed by atoms with Gasteiger partial charge in [-0.1, -0.05) is 0 Å². The number of H-pyrrole nitrogens is 1. The Morgan fingerprint density at radius 2 is 2.04 bits per heavy atom. The third-order valence-corrected chi connectivity index (χ3v) is 3.50. The van der Waals surface area contributed by atoms with Crippen LogP contribution >= 0.6 is 0 Å². The predicted octanol–water partition coefficient (Wildman–Crippen LogP) is 0.290. The zero-order chi connectivity index (χ0) is 18.5. The second-order valence-electron chi connectivity index (χ2n) is 5.26. The second-order valence-corrected chi connectivity index (χ2v) is 5.26. The molecular weight excluding hydrogens is 340 g/mol. The summed E-state index contributed by atoms with van der Waals surface area (Å²) in [4.78, 5) is 30.9. The minimum atomic E-state index is -1.24. The van der Waals surface area contributed by atoms with Crippen molar-refractivity contribution in [3.05, 3.63) is 30.5 Å². The molecule has 2 aromatic heterocycles. The minimum absolute atomic E-state index is 0.0526. The van der Waals surface area contributed by atoms with Crippen molar-refractivity contribution in [3.8, 4) is 17.0 Å². The van der Waals surface area contributed by atoms with Crippen LogP contribution in [0.3, 0.4) is 0 Å². The number of carboxylic acids is 1. The molecule has 2 heterocycles. The van der Waals surface area contributed by atoms with Crippen molar-refractivity contribution in [2.75, 3.05) is 19.0 Å². The van der Waals surface area contributed by atoms with Gasteiger partial charge in [-0.25, -0.2) is 14.8 Å². The number of benzene rings is 1. The molecule has 0 saturated carbocycles. The molecule has 0 saturated heterocycles. The average Bonchev–Trinajstić information content (AvgIpc) is 3.03. The summed E-state index contributed by atoms with van der Waals surface area (Å²) in [5, 5.41) is 21.9. The number of urea groups is 1. The van der Waals surface area contributed by atoms with Crippen molar-refractivity contribution in [1.29, 1.82) is 0 Å². The van der Waals surface area contributed by atoms with Crippen molar-refractivity contribution < 1.29 is 19.4 Å². The minimum Gasteiger partial charge on any atom is -0.550 e. The zero-order valence-corrected chi connectivity index (χ0v) is 13.8. The molecule has 2 amide bonds. The van der Waals surface area contributed by atoms with Gasteiger partial charge in [0.2, 0.25) is 5.65 Å². The van der Waals surface area contributed by atoms with Crippen LogP contribution in [0.4, 0.5) is 10.6 Å². The number of rotatable bonds is 6. The number of aliphatic carboxylic acids is 1. The average molecular weight is 355 g/mol. The van der Waals surface area contributed by atoms with E-state index in [9.17, 15) is 14.7 Å². The van der Waals surface area contributed by atoms with E-state index in [2.05, 4.69) is 30.8 Å². The number of aromatic nitrogens is 4. The van der Waals surface area contributed by atoms with Crippen LogP contribution in [-0.4, -0.2) is 45.8 Å². The van der Waals surface area contributed by atoms with Gasteiger partial charge in [-0.15, -0.1) is 0 Å². The lowest BCUT2D eigenvalue weighted by molar-refractivity contribution is -0.305. The van der Waals surface area contributed by atoms with Crippen molar-refractivity contribution in [2.45, 2.75) is 6.42 Å². The van der Waals surface area contributed by atoms with E-state index in [1.807, 2.05) is 12.1 Å². The quantitative estimate of drug-likeness (QED) is 0.576. The van der Waals surface area contributed by atoms with Crippen LogP contribution in [0, 0.1) is 0 Å². The Kier molecular flexibility index (Phi) is 4.92. The third kappa shape index (κ3) is 3.86. The number of ether oxygens (including phenoxy) is 1. The smallest absolute Gasteiger partial charge is 0.320 e. The van der Waals surface area contributed by atoms with Gasteiger partial charge >= 0.3 is 6.03 Å². The van der Waals surface area contributed by atoms with Gasteiger partial charge < -0.3 is 20.0 Å². The van der Waals surface area contributed by atoms with Gasteiger partial charge in [0.15, 0.2) is 11.3 Å². The van der Waals surface area contributed by atoms with E-state index in [0.29, 0.717) is 16.9 Å². The van der Waals surface area contributed by atoms with Gasteiger partial charge in [0.1, 0.15) is 5.75 Å². The first kappa shape index (κ1) is 17.1. The summed E-state index contributed by atoms with van der Waals surface area (Å²) in [6.07, 6.45) is 1.30. The number of anilines is 1. The van der Waals surface area contributed by atoms with Crippen molar-refractivity contribution in [3.63, 3.8) is 0 Å². The molecule has 0 aliphatic rings. The third-order valence-electron chi connectivity index (χ3n) is 3.50. The maximum atomic E-state index is 11.8. The van der Waals surface area contributed by atoms with Crippen LogP contribution in [0.5, 0.6) is 5.75 Å². The Bertz CT molecular complexity index is 938. The summed E-state index contributed by atoms with van der Waals surface area (Å²) in [5.74, 6) is -0.261. The van der Waals surface area contributed by atoms with Crippen LogP contribution in [0.15, 0.2) is 30.5 Å². The molecule has 3 aromatic rings. The van der Waals surface area contributed by atoms with Gasteiger partial charge in [0, 0.05) is 24.5 Å². The summed E-state index contributed by atoms with van der Waals surface area (Å²) >= 11 is 0. The molecule has 0 aliphatic carbocycles. The molecule has 0 aliphatic heterocycles. The van der Waals surface area contributed by atoms with E-state index >= 15 is 0 Å². The number of carboxylic acid groups (broad SMARTS) is 1. The molecule has 0 fully saturated rings. The molecule has 3 N–H and O–H groups in total. The van der Waals surface area contributed by atoms with Crippen LogP contribution in [0.2, 0.25) is 0 Å². The number of aromatic amines is 1. The largest absolute Gasteiger partial charge is 0.550 e. The highest BCUT2D eigenvalue weighted by Gasteiger charge is 2.12. The normalized spacial score (nSPS) is 10.5. The van der Waals surface area contributed by atoms with Crippen molar-refractivity contribution in [1.82, 2.24) is 25.5 Å². The Morgan fingerprint density at radius 1 is 1.27 bits per heavy atom. The number of nitrogens with one attached hydrogen (secondary N) is 3. The molecule has 0 radical (unpaired) electrons. The molecule has 26 heavy (non-hydrogen) atoms. The van der Waals surface area contributed by atoms with Crippen LogP contribution in [0.25, 0.3) is 22.4 Å². The standard InChI is InChI=1S/C16H16N6O4/c1-26-10-4-2-9(3-5-10)11-8-18-14-13(19-11)15(22-21-14)20-16(25)17-7-6-12(23)24/h2-5,8H,6-7H2,1H3,(H,23,24)(H3,17,18,20,21,22,25)/p-1. The highest BCUT2D eigenvalue weighted by Crippen LogP contribution is 2.23. The van der Waals surface area contributed by atoms with Gasteiger partial charge in [-0.2, -0.15) is 5.10 Å². The van der Waals surface area contributed by atoms with E-state index in [1.165, 1.54) is 0 Å². The lowest BCUT2D eigenvalue weighted by Crippen LogP contribution is -2.33. The molecule has 0 atom stereocenters. The fourth-order valence-electron chi connectivity index (χ4n) is 2.22. The summed E-state index contributed by atoms with van der Waals surface area (Å²) < 4.78 is 5.13. The number of fused-ring (bicyclic) bond motifs is 1. The van der Waals surface area contributed by atoms with E-state index in [4.69, 9.17) is 4.74 Å². The van der Waals surface area contributed by atoms with Crippen molar-refractivity contribution in [2.24, 2.45) is 0 Å². The fourth-order valence-corrected chi connectivity index (χ4v) is 2.22. The molecular formula is C16H15N6O4-. The summed E-state index contributed by atoms with van der Waals surface area (Å²) in [6, 6.07) is 6.71.